The monoisotopic (exact) mass is 1380 g/mol. The van der Waals surface area contributed by atoms with E-state index in [2.05, 4.69) is 407 Å². The zero-order valence-electron chi connectivity index (χ0n) is 60.9. The highest BCUT2D eigenvalue weighted by Crippen LogP contribution is 2.49. The van der Waals surface area contributed by atoms with Gasteiger partial charge in [-0.2, -0.15) is 0 Å². The van der Waals surface area contributed by atoms with Gasteiger partial charge in [-0.15, -0.1) is 0 Å². The third kappa shape index (κ3) is 11.4. The third-order valence-electron chi connectivity index (χ3n) is 23.1. The van der Waals surface area contributed by atoms with Crippen molar-refractivity contribution in [3.8, 4) is 89.0 Å². The van der Waals surface area contributed by atoms with Crippen molar-refractivity contribution in [1.29, 1.82) is 0 Å². The Kier molecular flexibility index (Phi) is 15.8. The van der Waals surface area contributed by atoms with Crippen LogP contribution in [0, 0.1) is 0 Å². The lowest BCUT2D eigenvalue weighted by atomic mass is 9.33. The van der Waals surface area contributed by atoms with Gasteiger partial charge in [0.05, 0.1) is 0 Å². The Labute approximate surface area is 633 Å². The quantitative estimate of drug-likeness (QED) is 0.0608. The SMILES string of the molecule is CC(C)(C)c1ccc(Cc2cc3c4c(c2)N(Cc2c(-c5ccccc5)cc(-c5ccccc5)cc2-c2ccccc2)c2ccc(-c5cc6cccc7c8cccc9cccc(c(c5)c67)c98)cc2B4c2cc(-c4ccccc4)ccc2N3Cc2c(-c3ccccc3)cc(-c3ccccc3)cc2-c2ccccc2)cc1. The van der Waals surface area contributed by atoms with E-state index in [1.165, 1.54) is 199 Å². The molecule has 18 aromatic carbocycles. The number of nitrogens with zero attached hydrogens (tertiary/aromatic N) is 2. The summed E-state index contributed by atoms with van der Waals surface area (Å²) in [6, 6.07) is 143. The largest absolute Gasteiger partial charge is 0.338 e. The lowest BCUT2D eigenvalue weighted by molar-refractivity contribution is 0.590. The van der Waals surface area contributed by atoms with Crippen LogP contribution < -0.4 is 26.2 Å². The molecule has 0 aromatic heterocycles. The summed E-state index contributed by atoms with van der Waals surface area (Å²) in [5.74, 6) is 0. The van der Waals surface area contributed by atoms with Gasteiger partial charge < -0.3 is 9.80 Å². The highest BCUT2D eigenvalue weighted by Gasteiger charge is 2.44. The van der Waals surface area contributed by atoms with E-state index in [-0.39, 0.29) is 12.1 Å². The Balaban J connectivity index is 0.892. The first kappa shape index (κ1) is 64.5. The van der Waals surface area contributed by atoms with Gasteiger partial charge in [-0.05, 0) is 249 Å². The molecule has 3 heteroatoms. The van der Waals surface area contributed by atoms with Crippen LogP contribution in [0.25, 0.3) is 132 Å². The molecule has 0 amide bonds. The Bertz CT molecular complexity index is 6310. The van der Waals surface area contributed by atoms with E-state index in [4.69, 9.17) is 0 Å². The normalized spacial score (nSPS) is 12.5. The zero-order valence-corrected chi connectivity index (χ0v) is 60.9. The maximum absolute atomic E-state index is 2.74. The summed E-state index contributed by atoms with van der Waals surface area (Å²) in [5.41, 5.74) is 34.1. The first-order chi connectivity index (χ1) is 53.2. The smallest absolute Gasteiger partial charge is 0.252 e. The molecule has 108 heavy (non-hydrogen) atoms. The fraction of sp³-hybridized carbons (Fsp3) is 0.0667. The van der Waals surface area contributed by atoms with Crippen molar-refractivity contribution in [2.24, 2.45) is 0 Å². The number of fused-ring (bicyclic) bond motifs is 6. The topological polar surface area (TPSA) is 6.48 Å². The average Bonchev–Trinajstić information content (AvgIpc) is 0.699. The molecule has 2 heterocycles. The van der Waals surface area contributed by atoms with Gasteiger partial charge in [-0.1, -0.05) is 336 Å². The van der Waals surface area contributed by atoms with Gasteiger partial charge in [0.25, 0.3) is 6.71 Å². The highest BCUT2D eigenvalue weighted by molar-refractivity contribution is 7.00. The lowest BCUT2D eigenvalue weighted by Gasteiger charge is -2.45. The fourth-order valence-corrected chi connectivity index (χ4v) is 17.9. The molecule has 2 aliphatic heterocycles. The van der Waals surface area contributed by atoms with Gasteiger partial charge in [0.1, 0.15) is 0 Å². The van der Waals surface area contributed by atoms with Gasteiger partial charge in [0.2, 0.25) is 0 Å². The van der Waals surface area contributed by atoms with Crippen LogP contribution >= 0.6 is 0 Å². The maximum atomic E-state index is 2.74. The molecule has 0 saturated carbocycles. The molecular weight excluding hydrogens is 1300 g/mol. The third-order valence-corrected chi connectivity index (χ3v) is 23.1. The Morgan fingerprint density at radius 2 is 0.602 bits per heavy atom. The van der Waals surface area contributed by atoms with Crippen molar-refractivity contribution < 1.29 is 0 Å². The molecule has 0 aliphatic carbocycles. The van der Waals surface area contributed by atoms with Crippen molar-refractivity contribution in [3.05, 3.63) is 404 Å². The number of hydrogen-bond acceptors (Lipinski definition) is 2. The molecule has 20 rings (SSSR count). The van der Waals surface area contributed by atoms with Gasteiger partial charge in [-0.3, -0.25) is 0 Å². The van der Waals surface area contributed by atoms with E-state index in [0.29, 0.717) is 13.1 Å². The summed E-state index contributed by atoms with van der Waals surface area (Å²) >= 11 is 0. The predicted molar refractivity (Wildman–Crippen MR) is 461 cm³/mol. The van der Waals surface area contributed by atoms with Crippen LogP contribution in [0.1, 0.15) is 48.6 Å². The zero-order chi connectivity index (χ0) is 72.0. The fourth-order valence-electron chi connectivity index (χ4n) is 17.9. The molecule has 0 atom stereocenters. The maximum Gasteiger partial charge on any atom is 0.252 e. The Morgan fingerprint density at radius 3 is 1.01 bits per heavy atom. The van der Waals surface area contributed by atoms with Crippen molar-refractivity contribution in [2.75, 3.05) is 9.80 Å². The molecule has 2 aliphatic rings. The molecule has 0 fully saturated rings. The second-order valence-electron chi connectivity index (χ2n) is 30.6. The van der Waals surface area contributed by atoms with Crippen molar-refractivity contribution in [1.82, 2.24) is 0 Å². The van der Waals surface area contributed by atoms with Crippen LogP contribution in [-0.2, 0) is 24.9 Å². The first-order valence-electron chi connectivity index (χ1n) is 38.1. The standard InChI is InChI=1S/C105H77BN2/c1-105(2,3)85-52-48-69(49-53-85)56-70-57-100-104-101(58-70)108(68-95-91(76-38-21-9-22-39-76)62-84(73-32-15-6-16-33-73)63-92(95)77-40-23-10-24-41-77)99-55-51-80(82-59-81-44-27-46-87-86-45-25-42-78-43-26-47-88(102(78)86)93(64-82)103(81)87)66-97(99)106(104)96-65-79(71-28-11-4-12-29-71)50-54-98(96)107(100)67-94-89(74-34-17-7-18-35-74)60-83(72-30-13-5-14-31-72)61-90(94)75-36-19-8-20-37-75/h4-55,57-66H,56,67-68H2,1-3H3. The van der Waals surface area contributed by atoms with E-state index in [1.807, 2.05) is 0 Å². The summed E-state index contributed by atoms with van der Waals surface area (Å²) in [6.45, 7) is 7.88. The van der Waals surface area contributed by atoms with Crippen LogP contribution in [0.15, 0.2) is 376 Å². The van der Waals surface area contributed by atoms with Crippen LogP contribution in [-0.4, -0.2) is 6.71 Å². The van der Waals surface area contributed by atoms with Crippen LogP contribution in [0.5, 0.6) is 0 Å². The number of hydrogen-bond donors (Lipinski definition) is 0. The van der Waals surface area contributed by atoms with E-state index < -0.39 is 0 Å². The number of rotatable bonds is 14. The number of benzene rings is 18. The first-order valence-corrected chi connectivity index (χ1v) is 38.1. The van der Waals surface area contributed by atoms with Crippen molar-refractivity contribution in [2.45, 2.75) is 45.7 Å². The minimum absolute atomic E-state index is 0.00765. The summed E-state index contributed by atoms with van der Waals surface area (Å²) < 4.78 is 0. The molecule has 0 bridgehead atoms. The Hall–Kier alpha value is -13.1. The molecule has 2 nitrogen and oxygen atoms in total. The van der Waals surface area contributed by atoms with E-state index in [1.54, 1.807) is 0 Å². The molecule has 0 N–H and O–H groups in total. The Morgan fingerprint density at radius 1 is 0.250 bits per heavy atom. The molecule has 0 saturated heterocycles. The van der Waals surface area contributed by atoms with E-state index >= 15 is 0 Å². The minimum atomic E-state index is -0.201. The summed E-state index contributed by atoms with van der Waals surface area (Å²) in [7, 11) is 0. The molecule has 0 spiro atoms. The summed E-state index contributed by atoms with van der Waals surface area (Å²) in [4.78, 5) is 5.48. The van der Waals surface area contributed by atoms with E-state index in [0.717, 1.165) is 6.42 Å². The average molecular weight is 1380 g/mol. The van der Waals surface area contributed by atoms with Gasteiger partial charge in [0.15, 0.2) is 0 Å². The molecular formula is C105H77BN2. The molecule has 510 valence electrons. The predicted octanol–water partition coefficient (Wildman–Crippen LogP) is 25.8. The van der Waals surface area contributed by atoms with E-state index in [9.17, 15) is 0 Å². The van der Waals surface area contributed by atoms with Crippen molar-refractivity contribution >= 4 is 88.9 Å². The summed E-state index contributed by atoms with van der Waals surface area (Å²) in [6.07, 6.45) is 0.736. The van der Waals surface area contributed by atoms with Crippen LogP contribution in [0.3, 0.4) is 0 Å². The highest BCUT2D eigenvalue weighted by atomic mass is 15.2. The van der Waals surface area contributed by atoms with Crippen LogP contribution in [0.4, 0.5) is 22.7 Å². The second-order valence-corrected chi connectivity index (χ2v) is 30.6. The number of anilines is 4. The van der Waals surface area contributed by atoms with Gasteiger partial charge >= 0.3 is 0 Å². The second kappa shape index (κ2) is 26.5. The molecule has 0 unspecified atom stereocenters. The van der Waals surface area contributed by atoms with Crippen molar-refractivity contribution in [3.63, 3.8) is 0 Å². The van der Waals surface area contributed by atoms with Gasteiger partial charge in [-0.25, -0.2) is 0 Å². The lowest BCUT2D eigenvalue weighted by Crippen LogP contribution is -2.62. The molecule has 18 aromatic rings. The van der Waals surface area contributed by atoms with Crippen LogP contribution in [0.2, 0.25) is 0 Å². The minimum Gasteiger partial charge on any atom is -0.338 e. The summed E-state index contributed by atoms with van der Waals surface area (Å²) in [5, 5.41) is 10.3. The van der Waals surface area contributed by atoms with Gasteiger partial charge in [0, 0.05) is 35.8 Å². The molecule has 0 radical (unpaired) electrons.